The summed E-state index contributed by atoms with van der Waals surface area (Å²) in [7, 11) is 0. The lowest BCUT2D eigenvalue weighted by Gasteiger charge is -2.19. The van der Waals surface area contributed by atoms with Crippen LogP contribution in [0.4, 0.5) is 30.2 Å². The predicted molar refractivity (Wildman–Crippen MR) is 211 cm³/mol. The summed E-state index contributed by atoms with van der Waals surface area (Å²) >= 11 is 0. The molecule has 2 aliphatic rings. The molecule has 21 heteroatoms. The van der Waals surface area contributed by atoms with Crippen LogP contribution in [0.25, 0.3) is 0 Å². The Labute approximate surface area is 350 Å². The average molecular weight is 869 g/mol. The van der Waals surface area contributed by atoms with Gasteiger partial charge in [0.05, 0.1) is 90.7 Å². The quantitative estimate of drug-likeness (QED) is 0.251. The first-order valence-corrected chi connectivity index (χ1v) is 19.4. The van der Waals surface area contributed by atoms with Crippen LogP contribution in [0.3, 0.4) is 0 Å². The first-order valence-electron chi connectivity index (χ1n) is 19.4. The molecule has 0 saturated heterocycles. The van der Waals surface area contributed by atoms with E-state index in [1.54, 1.807) is 60.7 Å². The zero-order valence-electron chi connectivity index (χ0n) is 33.4. The summed E-state index contributed by atoms with van der Waals surface area (Å²) in [5, 5.41) is 18.8. The molecule has 2 heterocycles. The molecule has 0 radical (unpaired) electrons. The highest BCUT2D eigenvalue weighted by atomic mass is 19.4. The summed E-state index contributed by atoms with van der Waals surface area (Å²) in [5.74, 6) is -0.575. The van der Waals surface area contributed by atoms with Crippen LogP contribution in [0.15, 0.2) is 70.9 Å². The molecule has 0 saturated carbocycles. The molecule has 2 aliphatic heterocycles. The van der Waals surface area contributed by atoms with E-state index in [1.807, 2.05) is 0 Å². The molecule has 1 unspecified atom stereocenters. The summed E-state index contributed by atoms with van der Waals surface area (Å²) < 4.78 is 94.5. The standard InChI is InChI=1S/C38H50N4O12.C2HF3O2/c39-10-9-35(38(43)40-30-3-7-33-36(27-30)52-25-21-48-17-13-44-11-15-46-19-23-50-33)54-32-5-1-29(2-6-32)41-42-31-4-8-34-37(28-31)53-26-22-49-18-14-45-12-16-47-20-24-51-34;3-2(4,5)1(6)7/h1-8,27-28,35H,9-26,39H2,(H,40,43);(H,6,7). The number of carbonyl (C=O) groups excluding carboxylic acids is 1. The predicted octanol–water partition coefficient (Wildman–Crippen LogP) is 5.11. The van der Waals surface area contributed by atoms with Crippen LogP contribution in [0.5, 0.6) is 28.7 Å². The highest BCUT2D eigenvalue weighted by Gasteiger charge is 2.38. The summed E-state index contributed by atoms with van der Waals surface area (Å²) in [4.78, 5) is 22.3. The normalized spacial score (nSPS) is 17.1. The molecule has 61 heavy (non-hydrogen) atoms. The molecular formula is C40H51F3N4O14. The molecule has 0 aliphatic carbocycles. The monoisotopic (exact) mass is 868 g/mol. The second kappa shape index (κ2) is 27.5. The van der Waals surface area contributed by atoms with E-state index in [2.05, 4.69) is 15.5 Å². The van der Waals surface area contributed by atoms with Gasteiger partial charge in [0.2, 0.25) is 0 Å². The van der Waals surface area contributed by atoms with Gasteiger partial charge in [-0.15, -0.1) is 0 Å². The minimum absolute atomic E-state index is 0.240. The van der Waals surface area contributed by atoms with Gasteiger partial charge in [0.15, 0.2) is 29.1 Å². The third-order valence-corrected chi connectivity index (χ3v) is 7.93. The minimum Gasteiger partial charge on any atom is -0.487 e. The third-order valence-electron chi connectivity index (χ3n) is 7.93. The number of aliphatic carboxylic acids is 1. The van der Waals surface area contributed by atoms with E-state index < -0.39 is 18.2 Å². The summed E-state index contributed by atoms with van der Waals surface area (Å²) in [6, 6.07) is 17.4. The van der Waals surface area contributed by atoms with E-state index in [-0.39, 0.29) is 25.5 Å². The van der Waals surface area contributed by atoms with Gasteiger partial charge >= 0.3 is 12.1 Å². The lowest BCUT2D eigenvalue weighted by molar-refractivity contribution is -0.192. The number of hydrogen-bond acceptors (Lipinski definition) is 16. The number of nitrogens with zero attached hydrogens (tertiary/aromatic N) is 2. The molecule has 0 fully saturated rings. The number of carboxylic acid groups (broad SMARTS) is 1. The van der Waals surface area contributed by atoms with Crippen molar-refractivity contribution in [2.45, 2.75) is 18.7 Å². The Morgan fingerprint density at radius 3 is 1.46 bits per heavy atom. The molecule has 18 nitrogen and oxygen atoms in total. The van der Waals surface area contributed by atoms with Crippen molar-refractivity contribution in [1.29, 1.82) is 0 Å². The third kappa shape index (κ3) is 19.3. The summed E-state index contributed by atoms with van der Waals surface area (Å²) in [5.41, 5.74) is 7.51. The van der Waals surface area contributed by atoms with Crippen LogP contribution in [0.2, 0.25) is 0 Å². The van der Waals surface area contributed by atoms with Gasteiger partial charge in [-0.2, -0.15) is 23.4 Å². The fourth-order valence-corrected chi connectivity index (χ4v) is 5.02. The number of carbonyl (C=O) groups is 2. The van der Waals surface area contributed by atoms with E-state index in [0.717, 1.165) is 0 Å². The number of anilines is 1. The molecule has 5 rings (SSSR count). The number of amides is 1. The number of fused-ring (bicyclic) bond motifs is 2. The maximum absolute atomic E-state index is 13.4. The zero-order chi connectivity index (χ0) is 43.5. The van der Waals surface area contributed by atoms with E-state index in [4.69, 9.17) is 67.7 Å². The molecule has 0 bridgehead atoms. The number of benzene rings is 3. The van der Waals surface area contributed by atoms with Crippen LogP contribution >= 0.6 is 0 Å². The van der Waals surface area contributed by atoms with Crippen LogP contribution in [0, 0.1) is 0 Å². The zero-order valence-corrected chi connectivity index (χ0v) is 33.4. The van der Waals surface area contributed by atoms with Crippen molar-refractivity contribution in [3.63, 3.8) is 0 Å². The molecule has 3 aromatic rings. The number of nitrogens with one attached hydrogen (secondary N) is 1. The van der Waals surface area contributed by atoms with Crippen molar-refractivity contribution in [3.8, 4) is 28.7 Å². The van der Waals surface area contributed by atoms with E-state index in [9.17, 15) is 18.0 Å². The van der Waals surface area contributed by atoms with Gasteiger partial charge in [0.1, 0.15) is 32.2 Å². The molecule has 3 aromatic carbocycles. The molecular weight excluding hydrogens is 817 g/mol. The topological polar surface area (TPSA) is 219 Å². The number of halogens is 3. The average Bonchev–Trinajstić information content (AvgIpc) is 3.26. The van der Waals surface area contributed by atoms with Crippen LogP contribution < -0.4 is 34.7 Å². The maximum atomic E-state index is 13.4. The van der Waals surface area contributed by atoms with Crippen LogP contribution in [-0.4, -0.2) is 142 Å². The number of ether oxygens (including phenoxy) is 11. The van der Waals surface area contributed by atoms with E-state index in [1.165, 1.54) is 0 Å². The fourth-order valence-electron chi connectivity index (χ4n) is 5.02. The number of nitrogens with two attached hydrogens (primary N) is 1. The van der Waals surface area contributed by atoms with Gasteiger partial charge in [-0.1, -0.05) is 0 Å². The van der Waals surface area contributed by atoms with Crippen molar-refractivity contribution in [2.75, 3.05) is 118 Å². The van der Waals surface area contributed by atoms with Crippen LogP contribution in [0.1, 0.15) is 6.42 Å². The second-order valence-electron chi connectivity index (χ2n) is 12.5. The largest absolute Gasteiger partial charge is 0.490 e. The lowest BCUT2D eigenvalue weighted by atomic mass is 10.2. The number of carboxylic acids is 1. The first-order chi connectivity index (χ1) is 29.6. The molecule has 1 atom stereocenters. The second-order valence-corrected chi connectivity index (χ2v) is 12.5. The number of rotatable bonds is 8. The fraction of sp³-hybridized carbons (Fsp3) is 0.500. The van der Waals surface area contributed by atoms with Crippen molar-refractivity contribution < 1.29 is 80.0 Å². The molecule has 0 aromatic heterocycles. The highest BCUT2D eigenvalue weighted by molar-refractivity contribution is 5.94. The Morgan fingerprint density at radius 1 is 0.607 bits per heavy atom. The van der Waals surface area contributed by atoms with Gasteiger partial charge in [0.25, 0.3) is 5.91 Å². The van der Waals surface area contributed by atoms with Crippen molar-refractivity contribution in [3.05, 3.63) is 60.7 Å². The van der Waals surface area contributed by atoms with Crippen molar-refractivity contribution >= 4 is 28.9 Å². The molecule has 336 valence electrons. The number of alkyl halides is 3. The molecule has 1 amide bonds. The lowest BCUT2D eigenvalue weighted by Crippen LogP contribution is -2.34. The highest BCUT2D eigenvalue weighted by Crippen LogP contribution is 2.34. The van der Waals surface area contributed by atoms with E-state index >= 15 is 0 Å². The summed E-state index contributed by atoms with van der Waals surface area (Å²) in [6.45, 7) is 6.95. The minimum atomic E-state index is -5.08. The Balaban J connectivity index is 0.00000107. The SMILES string of the molecule is NCCC(Oc1ccc(N=Nc2ccc3c(c2)OCCOCCOCCOCCO3)cc1)C(=O)Nc1ccc2c(c1)OCCOCCOCCOCCO2.O=C(O)C(F)(F)F. The van der Waals surface area contributed by atoms with Gasteiger partial charge in [-0.3, -0.25) is 4.79 Å². The Bertz CT molecular complexity index is 1770. The van der Waals surface area contributed by atoms with Gasteiger partial charge in [-0.25, -0.2) is 4.79 Å². The van der Waals surface area contributed by atoms with Gasteiger partial charge in [0, 0.05) is 24.2 Å². The molecule has 0 spiro atoms. The van der Waals surface area contributed by atoms with Crippen LogP contribution in [-0.2, 0) is 38.0 Å². The van der Waals surface area contributed by atoms with Gasteiger partial charge in [-0.05, 0) is 55.1 Å². The first kappa shape index (κ1) is 48.4. The number of azo groups is 1. The number of hydrogen-bond donors (Lipinski definition) is 3. The Kier molecular flexibility index (Phi) is 21.8. The van der Waals surface area contributed by atoms with Crippen molar-refractivity contribution in [1.82, 2.24) is 0 Å². The van der Waals surface area contributed by atoms with Gasteiger partial charge < -0.3 is 68.3 Å². The van der Waals surface area contributed by atoms with E-state index in [0.29, 0.717) is 145 Å². The summed E-state index contributed by atoms with van der Waals surface area (Å²) in [6.07, 6.45) is -5.65. The Hall–Kier alpha value is -5.29. The smallest absolute Gasteiger partial charge is 0.487 e. The maximum Gasteiger partial charge on any atom is 0.490 e. The molecule has 4 N–H and O–H groups in total. The Morgan fingerprint density at radius 2 is 1.00 bits per heavy atom. The van der Waals surface area contributed by atoms with Crippen molar-refractivity contribution in [2.24, 2.45) is 16.0 Å².